The molecule has 0 aromatic heterocycles. The Balaban J connectivity index is 1.90. The highest BCUT2D eigenvalue weighted by atomic mass is 16.3. The second-order valence-electron chi connectivity index (χ2n) is 5.83. The van der Waals surface area contributed by atoms with E-state index in [0.717, 1.165) is 18.8 Å². The molecule has 1 heterocycles. The first kappa shape index (κ1) is 12.3. The maximum Gasteiger partial charge on any atom is 0.0611 e. The van der Waals surface area contributed by atoms with E-state index in [2.05, 4.69) is 11.8 Å². The highest BCUT2D eigenvalue weighted by molar-refractivity contribution is 4.95. The van der Waals surface area contributed by atoms with Gasteiger partial charge in [0.15, 0.2) is 0 Å². The van der Waals surface area contributed by atoms with Crippen molar-refractivity contribution in [2.75, 3.05) is 19.7 Å². The Hall–Kier alpha value is -0.120. The van der Waals surface area contributed by atoms with Gasteiger partial charge in [0.1, 0.15) is 0 Å². The minimum Gasteiger partial charge on any atom is -0.394 e. The van der Waals surface area contributed by atoms with Crippen molar-refractivity contribution in [1.29, 1.82) is 0 Å². The van der Waals surface area contributed by atoms with Crippen LogP contribution in [0.4, 0.5) is 0 Å². The van der Waals surface area contributed by atoms with Gasteiger partial charge in [-0.1, -0.05) is 13.3 Å². The molecule has 0 bridgehead atoms. The number of rotatable bonds is 3. The predicted octanol–water partition coefficient (Wildman–Crippen LogP) is 1.35. The molecule has 1 aliphatic carbocycles. The molecule has 0 amide bonds. The number of aliphatic hydroxyl groups is 1. The molecule has 3 unspecified atom stereocenters. The van der Waals surface area contributed by atoms with E-state index in [1.54, 1.807) is 0 Å². The van der Waals surface area contributed by atoms with Gasteiger partial charge in [-0.25, -0.2) is 0 Å². The quantitative estimate of drug-likeness (QED) is 0.764. The second kappa shape index (κ2) is 5.03. The van der Waals surface area contributed by atoms with E-state index in [0.29, 0.717) is 6.04 Å². The summed E-state index contributed by atoms with van der Waals surface area (Å²) >= 11 is 0. The molecule has 94 valence electrons. The lowest BCUT2D eigenvalue weighted by atomic mass is 9.80. The molecule has 0 aromatic carbocycles. The maximum atomic E-state index is 9.37. The van der Waals surface area contributed by atoms with Crippen molar-refractivity contribution >= 4 is 0 Å². The van der Waals surface area contributed by atoms with Gasteiger partial charge in [0, 0.05) is 18.1 Å². The number of hydrogen-bond donors (Lipinski definition) is 2. The van der Waals surface area contributed by atoms with Crippen LogP contribution in [0.15, 0.2) is 0 Å². The van der Waals surface area contributed by atoms with Crippen molar-refractivity contribution in [1.82, 2.24) is 4.90 Å². The average molecular weight is 226 g/mol. The normalized spacial score (nSPS) is 41.4. The Morgan fingerprint density at radius 3 is 2.88 bits per heavy atom. The summed E-state index contributed by atoms with van der Waals surface area (Å²) in [5, 5.41) is 9.37. The van der Waals surface area contributed by atoms with Gasteiger partial charge in [-0.05, 0) is 44.6 Å². The van der Waals surface area contributed by atoms with Crippen LogP contribution in [0, 0.1) is 5.92 Å². The van der Waals surface area contributed by atoms with Crippen LogP contribution in [0.25, 0.3) is 0 Å². The van der Waals surface area contributed by atoms with Crippen molar-refractivity contribution in [3.8, 4) is 0 Å². The number of nitrogens with two attached hydrogens (primary N) is 1. The molecule has 2 fully saturated rings. The fourth-order valence-corrected chi connectivity index (χ4v) is 3.35. The largest absolute Gasteiger partial charge is 0.394 e. The number of nitrogens with zero attached hydrogens (tertiary/aromatic N) is 1. The summed E-state index contributed by atoms with van der Waals surface area (Å²) in [7, 11) is 0. The molecule has 1 saturated carbocycles. The molecule has 2 aliphatic rings. The van der Waals surface area contributed by atoms with E-state index in [-0.39, 0.29) is 12.1 Å². The predicted molar refractivity (Wildman–Crippen MR) is 66.2 cm³/mol. The van der Waals surface area contributed by atoms with Crippen LogP contribution in [-0.4, -0.2) is 41.3 Å². The molecule has 2 rings (SSSR count). The Bertz CT molecular complexity index is 234. The van der Waals surface area contributed by atoms with Gasteiger partial charge in [0.2, 0.25) is 0 Å². The highest BCUT2D eigenvalue weighted by Crippen LogP contribution is 2.32. The zero-order chi connectivity index (χ0) is 11.6. The SMILES string of the molecule is CCC1CCN(C2CCCC(N)(CO)C2)C1. The first-order valence-corrected chi connectivity index (χ1v) is 6.80. The van der Waals surface area contributed by atoms with E-state index < -0.39 is 0 Å². The maximum absolute atomic E-state index is 9.37. The summed E-state index contributed by atoms with van der Waals surface area (Å²) in [6.45, 7) is 4.93. The van der Waals surface area contributed by atoms with Gasteiger partial charge in [0.05, 0.1) is 6.61 Å². The van der Waals surface area contributed by atoms with E-state index in [9.17, 15) is 5.11 Å². The van der Waals surface area contributed by atoms with Gasteiger partial charge in [-0.15, -0.1) is 0 Å². The summed E-state index contributed by atoms with van der Waals surface area (Å²) in [5.41, 5.74) is 5.91. The van der Waals surface area contributed by atoms with E-state index in [4.69, 9.17) is 5.73 Å². The Morgan fingerprint density at radius 1 is 1.44 bits per heavy atom. The molecule has 3 nitrogen and oxygen atoms in total. The van der Waals surface area contributed by atoms with Gasteiger partial charge < -0.3 is 15.7 Å². The Morgan fingerprint density at radius 2 is 2.25 bits per heavy atom. The number of aliphatic hydroxyl groups excluding tert-OH is 1. The van der Waals surface area contributed by atoms with Gasteiger partial charge in [0.25, 0.3) is 0 Å². The van der Waals surface area contributed by atoms with Crippen molar-refractivity contribution in [3.05, 3.63) is 0 Å². The van der Waals surface area contributed by atoms with Crippen molar-refractivity contribution in [2.24, 2.45) is 11.7 Å². The molecular weight excluding hydrogens is 200 g/mol. The minimum absolute atomic E-state index is 0.147. The van der Waals surface area contributed by atoms with Crippen LogP contribution in [0.2, 0.25) is 0 Å². The molecule has 3 heteroatoms. The molecule has 1 saturated heterocycles. The number of likely N-dealkylation sites (tertiary alicyclic amines) is 1. The van der Waals surface area contributed by atoms with Crippen LogP contribution in [0.1, 0.15) is 45.4 Å². The lowest BCUT2D eigenvalue weighted by molar-refractivity contribution is 0.0918. The van der Waals surface area contributed by atoms with Crippen molar-refractivity contribution in [2.45, 2.75) is 57.0 Å². The third kappa shape index (κ3) is 2.58. The van der Waals surface area contributed by atoms with Crippen molar-refractivity contribution in [3.63, 3.8) is 0 Å². The van der Waals surface area contributed by atoms with Gasteiger partial charge in [-0.3, -0.25) is 0 Å². The summed E-state index contributed by atoms with van der Waals surface area (Å²) in [5.74, 6) is 0.892. The van der Waals surface area contributed by atoms with Crippen molar-refractivity contribution < 1.29 is 5.11 Å². The Labute approximate surface area is 99.0 Å². The van der Waals surface area contributed by atoms with Crippen LogP contribution in [-0.2, 0) is 0 Å². The van der Waals surface area contributed by atoms with Crippen LogP contribution in [0.3, 0.4) is 0 Å². The molecule has 16 heavy (non-hydrogen) atoms. The van der Waals surface area contributed by atoms with Crippen LogP contribution < -0.4 is 5.73 Å². The van der Waals surface area contributed by atoms with Crippen LogP contribution in [0.5, 0.6) is 0 Å². The van der Waals surface area contributed by atoms with E-state index >= 15 is 0 Å². The molecule has 3 atom stereocenters. The summed E-state index contributed by atoms with van der Waals surface area (Å²) in [6, 6.07) is 0.627. The van der Waals surface area contributed by atoms with Gasteiger partial charge >= 0.3 is 0 Å². The molecule has 0 radical (unpaired) electrons. The monoisotopic (exact) mass is 226 g/mol. The smallest absolute Gasteiger partial charge is 0.0611 e. The topological polar surface area (TPSA) is 49.5 Å². The van der Waals surface area contributed by atoms with E-state index in [1.807, 2.05) is 0 Å². The fraction of sp³-hybridized carbons (Fsp3) is 1.00. The summed E-state index contributed by atoms with van der Waals surface area (Å²) < 4.78 is 0. The third-order valence-corrected chi connectivity index (χ3v) is 4.58. The Kier molecular flexibility index (Phi) is 3.88. The molecule has 0 spiro atoms. The third-order valence-electron chi connectivity index (χ3n) is 4.58. The fourth-order valence-electron chi connectivity index (χ4n) is 3.35. The first-order chi connectivity index (χ1) is 7.67. The standard InChI is InChI=1S/C13H26N2O/c1-2-11-5-7-15(9-11)12-4-3-6-13(14,8-12)10-16/h11-12,16H,2-10,14H2,1H3. The second-order valence-corrected chi connectivity index (χ2v) is 5.83. The lowest BCUT2D eigenvalue weighted by Gasteiger charge is -2.40. The zero-order valence-electron chi connectivity index (χ0n) is 10.5. The first-order valence-electron chi connectivity index (χ1n) is 6.80. The summed E-state index contributed by atoms with van der Waals surface area (Å²) in [4.78, 5) is 2.62. The van der Waals surface area contributed by atoms with E-state index in [1.165, 1.54) is 38.8 Å². The molecular formula is C13H26N2O. The summed E-state index contributed by atoms with van der Waals surface area (Å²) in [6.07, 6.45) is 7.08. The average Bonchev–Trinajstić information content (AvgIpc) is 2.78. The zero-order valence-corrected chi connectivity index (χ0v) is 10.5. The molecule has 3 N–H and O–H groups in total. The lowest BCUT2D eigenvalue weighted by Crippen LogP contribution is -2.52. The van der Waals surface area contributed by atoms with Crippen LogP contribution >= 0.6 is 0 Å². The minimum atomic E-state index is -0.298. The number of hydrogen-bond acceptors (Lipinski definition) is 3. The van der Waals surface area contributed by atoms with Gasteiger partial charge in [-0.2, -0.15) is 0 Å². The molecule has 0 aromatic rings. The highest BCUT2D eigenvalue weighted by Gasteiger charge is 2.36. The molecule has 1 aliphatic heterocycles.